The lowest BCUT2D eigenvalue weighted by Crippen LogP contribution is -2.49. The highest BCUT2D eigenvalue weighted by atomic mass is 16.1. The number of aromatic nitrogens is 3. The number of hydrogen-bond acceptors (Lipinski definition) is 3. The Morgan fingerprint density at radius 3 is 1.65 bits per heavy atom. The van der Waals surface area contributed by atoms with Crippen molar-refractivity contribution >= 4 is 5.78 Å². The van der Waals surface area contributed by atoms with Crippen molar-refractivity contribution in [1.29, 1.82) is 0 Å². The summed E-state index contributed by atoms with van der Waals surface area (Å²) in [6.07, 6.45) is 3.11. The second-order valence-corrected chi connectivity index (χ2v) is 7.86. The van der Waals surface area contributed by atoms with Gasteiger partial charge < -0.3 is 0 Å². The van der Waals surface area contributed by atoms with Gasteiger partial charge in [0.1, 0.15) is 12.7 Å². The van der Waals surface area contributed by atoms with E-state index in [2.05, 4.69) is 10.1 Å². The van der Waals surface area contributed by atoms with Crippen molar-refractivity contribution in [2.24, 2.45) is 5.41 Å². The summed E-state index contributed by atoms with van der Waals surface area (Å²) in [4.78, 5) is 18.0. The summed E-state index contributed by atoms with van der Waals surface area (Å²) in [7, 11) is 0. The summed E-state index contributed by atoms with van der Waals surface area (Å²) >= 11 is 0. The molecule has 4 nitrogen and oxygen atoms in total. The van der Waals surface area contributed by atoms with E-state index < -0.39 is 11.0 Å². The average molecular weight is 347 g/mol. The lowest BCUT2D eigenvalue weighted by atomic mass is 9.70. The van der Waals surface area contributed by atoms with Crippen LogP contribution in [-0.4, -0.2) is 20.5 Å². The fourth-order valence-corrected chi connectivity index (χ4v) is 3.31. The van der Waals surface area contributed by atoms with Gasteiger partial charge in [0.05, 0.1) is 0 Å². The van der Waals surface area contributed by atoms with Crippen molar-refractivity contribution in [3.63, 3.8) is 0 Å². The van der Waals surface area contributed by atoms with Crippen molar-refractivity contribution in [2.45, 2.75) is 40.2 Å². The van der Waals surface area contributed by atoms with Gasteiger partial charge in [0.25, 0.3) is 0 Å². The number of carbonyl (C=O) groups excluding carboxylic acids is 1. The molecule has 0 aliphatic carbocycles. The quantitative estimate of drug-likeness (QED) is 0.707. The van der Waals surface area contributed by atoms with E-state index in [1.165, 1.54) is 6.33 Å². The van der Waals surface area contributed by atoms with Gasteiger partial charge in [0, 0.05) is 5.41 Å². The Bertz CT molecular complexity index is 841. The minimum atomic E-state index is -1.06. The molecule has 0 amide bonds. The third-order valence-corrected chi connectivity index (χ3v) is 4.71. The molecule has 0 aliphatic heterocycles. The Labute approximate surface area is 154 Å². The zero-order valence-corrected chi connectivity index (χ0v) is 16.0. The summed E-state index contributed by atoms with van der Waals surface area (Å²) in [6.45, 7) is 9.92. The maximum atomic E-state index is 13.9. The Kier molecular flexibility index (Phi) is 4.53. The second kappa shape index (κ2) is 6.52. The van der Waals surface area contributed by atoms with Gasteiger partial charge in [0.2, 0.25) is 0 Å². The van der Waals surface area contributed by atoms with Crippen molar-refractivity contribution in [1.82, 2.24) is 14.8 Å². The summed E-state index contributed by atoms with van der Waals surface area (Å²) < 4.78 is 1.69. The minimum absolute atomic E-state index is 0.0724. The Morgan fingerprint density at radius 1 is 0.846 bits per heavy atom. The number of nitrogens with zero attached hydrogens (tertiary/aromatic N) is 3. The molecule has 3 rings (SSSR count). The highest BCUT2D eigenvalue weighted by Crippen LogP contribution is 2.40. The lowest BCUT2D eigenvalue weighted by Gasteiger charge is -2.38. The van der Waals surface area contributed by atoms with Crippen molar-refractivity contribution in [3.8, 4) is 0 Å². The zero-order chi connectivity index (χ0) is 18.9. The number of carbonyl (C=O) groups is 1. The molecule has 0 spiro atoms. The van der Waals surface area contributed by atoms with Crippen molar-refractivity contribution < 1.29 is 4.79 Å². The van der Waals surface area contributed by atoms with Gasteiger partial charge in [-0.25, -0.2) is 9.67 Å². The third-order valence-electron chi connectivity index (χ3n) is 4.71. The summed E-state index contributed by atoms with van der Waals surface area (Å²) in [6, 6.07) is 16.2. The van der Waals surface area contributed by atoms with Crippen LogP contribution in [0.15, 0.2) is 61.2 Å². The van der Waals surface area contributed by atoms with Crippen LogP contribution < -0.4 is 0 Å². The predicted molar refractivity (Wildman–Crippen MR) is 103 cm³/mol. The normalized spacial score (nSPS) is 12.2. The summed E-state index contributed by atoms with van der Waals surface area (Å²) in [5.74, 6) is 0.0724. The standard InChI is InChI=1S/C22H25N3O/c1-16-6-10-18(11-7-16)22(20(26)21(3,4)5,25-15-23-14-24-25)19-12-8-17(2)9-13-19/h6-15H,1-5H3. The molecule has 0 fully saturated rings. The average Bonchev–Trinajstić information content (AvgIpc) is 3.12. The first-order valence-electron chi connectivity index (χ1n) is 8.80. The largest absolute Gasteiger partial charge is 0.296 e. The molecule has 0 bridgehead atoms. The van der Waals surface area contributed by atoms with E-state index in [0.29, 0.717) is 0 Å². The fourth-order valence-electron chi connectivity index (χ4n) is 3.31. The SMILES string of the molecule is Cc1ccc(C(C(=O)C(C)(C)C)(c2ccc(C)cc2)n2cncn2)cc1. The number of ketones is 1. The Morgan fingerprint density at radius 2 is 1.31 bits per heavy atom. The first-order chi connectivity index (χ1) is 12.3. The minimum Gasteiger partial charge on any atom is -0.296 e. The molecular formula is C22H25N3O. The molecule has 134 valence electrons. The molecule has 1 heterocycles. The lowest BCUT2D eigenvalue weighted by molar-refractivity contribution is -0.132. The van der Waals surface area contributed by atoms with Crippen LogP contribution in [0.4, 0.5) is 0 Å². The van der Waals surface area contributed by atoms with Crippen LogP contribution in [0.1, 0.15) is 43.0 Å². The number of Topliss-reactive ketones (excluding diaryl/α,β-unsaturated/α-hetero) is 1. The molecule has 26 heavy (non-hydrogen) atoms. The van der Waals surface area contributed by atoms with Gasteiger partial charge in [-0.2, -0.15) is 5.10 Å². The zero-order valence-electron chi connectivity index (χ0n) is 16.0. The van der Waals surface area contributed by atoms with Crippen molar-refractivity contribution in [2.75, 3.05) is 0 Å². The molecule has 0 saturated carbocycles. The predicted octanol–water partition coefficient (Wildman–Crippen LogP) is 4.30. The third kappa shape index (κ3) is 2.96. The van der Waals surface area contributed by atoms with Crippen LogP contribution in [0, 0.1) is 19.3 Å². The maximum absolute atomic E-state index is 13.9. The number of benzene rings is 2. The van der Waals surface area contributed by atoms with Crippen LogP contribution in [0.25, 0.3) is 0 Å². The molecule has 1 aromatic heterocycles. The maximum Gasteiger partial charge on any atom is 0.174 e. The second-order valence-electron chi connectivity index (χ2n) is 7.86. The summed E-state index contributed by atoms with van der Waals surface area (Å²) in [5, 5.41) is 4.41. The van der Waals surface area contributed by atoms with Gasteiger partial charge in [0.15, 0.2) is 11.3 Å². The van der Waals surface area contributed by atoms with E-state index in [4.69, 9.17) is 0 Å². The highest BCUT2D eigenvalue weighted by molar-refractivity contribution is 5.97. The first-order valence-corrected chi connectivity index (χ1v) is 8.80. The molecule has 3 aromatic rings. The van der Waals surface area contributed by atoms with Crippen LogP contribution in [0.5, 0.6) is 0 Å². The van der Waals surface area contributed by atoms with Crippen molar-refractivity contribution in [3.05, 3.63) is 83.4 Å². The smallest absolute Gasteiger partial charge is 0.174 e. The van der Waals surface area contributed by atoms with Crippen LogP contribution in [0.2, 0.25) is 0 Å². The number of rotatable bonds is 4. The molecular weight excluding hydrogens is 322 g/mol. The highest BCUT2D eigenvalue weighted by Gasteiger charge is 2.49. The van der Waals surface area contributed by atoms with E-state index in [0.717, 1.165) is 22.3 Å². The first kappa shape index (κ1) is 18.1. The number of aryl methyl sites for hydroxylation is 2. The van der Waals surface area contributed by atoms with Gasteiger partial charge in [-0.3, -0.25) is 4.79 Å². The topological polar surface area (TPSA) is 47.8 Å². The van der Waals surface area contributed by atoms with Gasteiger partial charge in [-0.05, 0) is 25.0 Å². The summed E-state index contributed by atoms with van der Waals surface area (Å²) in [5.41, 5.74) is 2.44. The van der Waals surface area contributed by atoms with Crippen LogP contribution >= 0.6 is 0 Å². The molecule has 0 unspecified atom stereocenters. The van der Waals surface area contributed by atoms with Gasteiger partial charge >= 0.3 is 0 Å². The molecule has 4 heteroatoms. The van der Waals surface area contributed by atoms with Gasteiger partial charge in [-0.1, -0.05) is 80.4 Å². The fraction of sp³-hybridized carbons (Fsp3) is 0.318. The monoisotopic (exact) mass is 347 g/mol. The molecule has 0 radical (unpaired) electrons. The molecule has 0 aliphatic rings. The van der Waals surface area contributed by atoms with E-state index >= 15 is 0 Å². The van der Waals surface area contributed by atoms with E-state index in [9.17, 15) is 4.79 Å². The van der Waals surface area contributed by atoms with Crippen LogP contribution in [-0.2, 0) is 10.3 Å². The van der Waals surface area contributed by atoms with E-state index in [1.807, 2.05) is 83.1 Å². The van der Waals surface area contributed by atoms with Crippen LogP contribution in [0.3, 0.4) is 0 Å². The van der Waals surface area contributed by atoms with E-state index in [1.54, 1.807) is 11.0 Å². The number of hydrogen-bond donors (Lipinski definition) is 0. The van der Waals surface area contributed by atoms with E-state index in [-0.39, 0.29) is 5.78 Å². The Hall–Kier alpha value is -2.75. The molecule has 0 N–H and O–H groups in total. The van der Waals surface area contributed by atoms with Gasteiger partial charge in [-0.15, -0.1) is 0 Å². The molecule has 2 aromatic carbocycles. The molecule has 0 atom stereocenters. The molecule has 0 saturated heterocycles. The Balaban J connectivity index is 2.40.